The minimum atomic E-state index is -4.33. The Labute approximate surface area is 524 Å². The standard InChI is InChI=1S/C75H145N2O6P/c1-6-8-10-12-14-16-18-20-22-24-26-28-30-32-34-35-36-37-38-39-40-41-43-45-47-49-51-53-55-57-59-61-63-65-67-69-75(79)76-73(72-83-84(80,81)82-71-70-77(3,4)5)74(78)68-66-64-62-60-58-56-54-52-50-48-46-44-42-33-31-29-27-25-23-21-19-17-15-13-11-9-7-2/h8,10,14,16,20,22,26,28,73-74,78H,6-7,9,11-13,15,17-19,21,23-25,27,29-72H2,1-5H3,(H-,76,79,80,81)/p+1/b10-8-,16-14-,22-20-,28-26-. The molecule has 0 aliphatic rings. The molecule has 0 spiro atoms. The van der Waals surface area contributed by atoms with Crippen molar-refractivity contribution in [2.75, 3.05) is 40.9 Å². The molecule has 9 heteroatoms. The Balaban J connectivity index is 3.95. The number of likely N-dealkylation sites (N-methyl/N-ethyl adjacent to an activating group) is 1. The van der Waals surface area contributed by atoms with Gasteiger partial charge in [-0.2, -0.15) is 0 Å². The van der Waals surface area contributed by atoms with E-state index in [0.29, 0.717) is 23.9 Å². The minimum absolute atomic E-state index is 0.0767. The van der Waals surface area contributed by atoms with Crippen LogP contribution in [0.3, 0.4) is 0 Å². The van der Waals surface area contributed by atoms with Crippen LogP contribution in [0, 0.1) is 0 Å². The van der Waals surface area contributed by atoms with Crippen LogP contribution >= 0.6 is 7.82 Å². The van der Waals surface area contributed by atoms with Gasteiger partial charge in [0.15, 0.2) is 0 Å². The molecular formula is C75H146N2O6P+. The van der Waals surface area contributed by atoms with Crippen molar-refractivity contribution >= 4 is 13.7 Å². The fourth-order valence-electron chi connectivity index (χ4n) is 11.4. The van der Waals surface area contributed by atoms with E-state index >= 15 is 0 Å². The fraction of sp³-hybridized carbons (Fsp3) is 0.880. The molecule has 496 valence electrons. The van der Waals surface area contributed by atoms with Crippen molar-refractivity contribution in [3.8, 4) is 0 Å². The average molecular weight is 1200 g/mol. The molecule has 0 aliphatic carbocycles. The van der Waals surface area contributed by atoms with E-state index in [1.54, 1.807) is 0 Å². The first-order valence-corrected chi connectivity index (χ1v) is 38.5. The van der Waals surface area contributed by atoms with Gasteiger partial charge in [-0.25, -0.2) is 4.57 Å². The molecule has 0 heterocycles. The van der Waals surface area contributed by atoms with Gasteiger partial charge in [-0.1, -0.05) is 364 Å². The molecule has 0 aromatic rings. The van der Waals surface area contributed by atoms with E-state index in [9.17, 15) is 19.4 Å². The predicted molar refractivity (Wildman–Crippen MR) is 369 cm³/mol. The quantitative estimate of drug-likeness (QED) is 0.0243. The lowest BCUT2D eigenvalue weighted by Crippen LogP contribution is -2.46. The Hall–Kier alpha value is -1.54. The van der Waals surface area contributed by atoms with Gasteiger partial charge >= 0.3 is 7.82 Å². The number of rotatable bonds is 69. The van der Waals surface area contributed by atoms with Crippen LogP contribution in [0.4, 0.5) is 0 Å². The summed E-state index contributed by atoms with van der Waals surface area (Å²) in [6, 6.07) is -0.761. The lowest BCUT2D eigenvalue weighted by atomic mass is 10.0. The van der Waals surface area contributed by atoms with Gasteiger partial charge in [-0.3, -0.25) is 13.8 Å². The SMILES string of the molecule is CC/C=C\C/C=C\C/C=C\C/C=C\CCCCCCCCCCCCCCCCCCCCCCCCC(=O)NC(COP(=O)(O)OCC[N+](C)(C)C)C(O)CCCCCCCCCCCCCCCCCCCCCCCCCCCCC. The number of nitrogens with zero attached hydrogens (tertiary/aromatic N) is 1. The Morgan fingerprint density at radius 1 is 0.417 bits per heavy atom. The van der Waals surface area contributed by atoms with Crippen LogP contribution in [0.25, 0.3) is 0 Å². The lowest BCUT2D eigenvalue weighted by Gasteiger charge is -2.26. The number of hydrogen-bond acceptors (Lipinski definition) is 5. The molecule has 0 fully saturated rings. The Bertz CT molecular complexity index is 1510. The van der Waals surface area contributed by atoms with Gasteiger partial charge in [-0.05, 0) is 51.4 Å². The summed E-state index contributed by atoms with van der Waals surface area (Å²) >= 11 is 0. The number of carbonyl (C=O) groups is 1. The largest absolute Gasteiger partial charge is 0.472 e. The Kier molecular flexibility index (Phi) is 64.7. The molecule has 0 saturated heterocycles. The van der Waals surface area contributed by atoms with Gasteiger partial charge in [-0.15, -0.1) is 0 Å². The maximum Gasteiger partial charge on any atom is 0.472 e. The van der Waals surface area contributed by atoms with Crippen molar-refractivity contribution < 1.29 is 32.9 Å². The smallest absolute Gasteiger partial charge is 0.391 e. The van der Waals surface area contributed by atoms with Crippen molar-refractivity contribution in [3.05, 3.63) is 48.6 Å². The number of allylic oxidation sites excluding steroid dienone is 8. The van der Waals surface area contributed by atoms with E-state index in [0.717, 1.165) is 64.2 Å². The third-order valence-corrected chi connectivity index (χ3v) is 18.1. The number of phosphoric acid groups is 1. The summed E-state index contributed by atoms with van der Waals surface area (Å²) in [4.78, 5) is 23.5. The van der Waals surface area contributed by atoms with Gasteiger partial charge in [0.25, 0.3) is 0 Å². The molecule has 0 aliphatic heterocycles. The Morgan fingerprint density at radius 2 is 0.714 bits per heavy atom. The van der Waals surface area contributed by atoms with Crippen LogP contribution in [-0.4, -0.2) is 73.4 Å². The molecule has 3 unspecified atom stereocenters. The highest BCUT2D eigenvalue weighted by molar-refractivity contribution is 7.47. The monoisotopic (exact) mass is 1200 g/mol. The number of nitrogens with one attached hydrogen (secondary N) is 1. The molecule has 0 rings (SSSR count). The molecule has 0 aromatic carbocycles. The first kappa shape index (κ1) is 82.5. The number of amides is 1. The zero-order valence-electron chi connectivity index (χ0n) is 56.9. The van der Waals surface area contributed by atoms with Crippen LogP contribution in [-0.2, 0) is 18.4 Å². The molecule has 84 heavy (non-hydrogen) atoms. The molecule has 0 radical (unpaired) electrons. The van der Waals surface area contributed by atoms with Crippen molar-refractivity contribution in [1.82, 2.24) is 5.32 Å². The second-order valence-electron chi connectivity index (χ2n) is 26.7. The van der Waals surface area contributed by atoms with Gasteiger partial charge in [0.05, 0.1) is 39.9 Å². The highest BCUT2D eigenvalue weighted by Crippen LogP contribution is 2.43. The van der Waals surface area contributed by atoms with Crippen LogP contribution in [0.1, 0.15) is 373 Å². The maximum atomic E-state index is 13.1. The lowest BCUT2D eigenvalue weighted by molar-refractivity contribution is -0.870. The first-order chi connectivity index (χ1) is 41.0. The molecule has 0 aromatic heterocycles. The number of carbonyl (C=O) groups excluding carboxylic acids is 1. The van der Waals surface area contributed by atoms with E-state index < -0.39 is 20.0 Å². The summed E-state index contributed by atoms with van der Waals surface area (Å²) in [5.41, 5.74) is 0. The van der Waals surface area contributed by atoms with Gasteiger partial charge < -0.3 is 19.8 Å². The zero-order valence-corrected chi connectivity index (χ0v) is 57.8. The highest BCUT2D eigenvalue weighted by Gasteiger charge is 2.28. The summed E-state index contributed by atoms with van der Waals surface area (Å²) in [6.45, 7) is 4.84. The second-order valence-corrected chi connectivity index (χ2v) is 28.1. The van der Waals surface area contributed by atoms with Gasteiger partial charge in [0.2, 0.25) is 5.91 Å². The van der Waals surface area contributed by atoms with E-state index in [4.69, 9.17) is 9.05 Å². The molecule has 1 amide bonds. The number of aliphatic hydroxyl groups is 1. The van der Waals surface area contributed by atoms with E-state index in [-0.39, 0.29) is 19.1 Å². The van der Waals surface area contributed by atoms with Crippen LogP contribution < -0.4 is 5.32 Å². The molecule has 8 nitrogen and oxygen atoms in total. The number of phosphoric ester groups is 1. The van der Waals surface area contributed by atoms with E-state index in [2.05, 4.69) is 67.8 Å². The maximum absolute atomic E-state index is 13.1. The minimum Gasteiger partial charge on any atom is -0.391 e. The second kappa shape index (κ2) is 65.9. The van der Waals surface area contributed by atoms with E-state index in [1.807, 2.05) is 21.1 Å². The predicted octanol–water partition coefficient (Wildman–Crippen LogP) is 23.8. The molecule has 3 N–H and O–H groups in total. The number of hydrogen-bond donors (Lipinski definition) is 3. The van der Waals surface area contributed by atoms with E-state index in [1.165, 1.54) is 283 Å². The number of quaternary nitrogens is 1. The molecule has 0 bridgehead atoms. The van der Waals surface area contributed by atoms with Crippen LogP contribution in [0.15, 0.2) is 48.6 Å². The summed E-state index contributed by atoms with van der Waals surface area (Å²) in [5, 5.41) is 14.2. The van der Waals surface area contributed by atoms with Crippen molar-refractivity contribution in [2.24, 2.45) is 0 Å². The Morgan fingerprint density at radius 3 is 1.05 bits per heavy atom. The normalized spacial score (nSPS) is 13.8. The van der Waals surface area contributed by atoms with Crippen LogP contribution in [0.2, 0.25) is 0 Å². The number of aliphatic hydroxyl groups excluding tert-OH is 1. The molecular weight excluding hydrogens is 1060 g/mol. The topological polar surface area (TPSA) is 105 Å². The molecule has 0 saturated carbocycles. The van der Waals surface area contributed by atoms with Crippen molar-refractivity contribution in [1.29, 1.82) is 0 Å². The average Bonchev–Trinajstić information content (AvgIpc) is 3.56. The fourth-order valence-corrected chi connectivity index (χ4v) is 12.1. The van der Waals surface area contributed by atoms with Gasteiger partial charge in [0.1, 0.15) is 13.2 Å². The van der Waals surface area contributed by atoms with Crippen LogP contribution in [0.5, 0.6) is 0 Å². The summed E-state index contributed by atoms with van der Waals surface area (Å²) in [6.07, 6.45) is 89.5. The third kappa shape index (κ3) is 68.0. The summed E-state index contributed by atoms with van der Waals surface area (Å²) < 4.78 is 23.9. The van der Waals surface area contributed by atoms with Crippen molar-refractivity contribution in [2.45, 2.75) is 386 Å². The third-order valence-electron chi connectivity index (χ3n) is 17.1. The number of unbranched alkanes of at least 4 members (excludes halogenated alkanes) is 48. The molecule has 3 atom stereocenters. The highest BCUT2D eigenvalue weighted by atomic mass is 31.2. The summed E-state index contributed by atoms with van der Waals surface area (Å²) in [7, 11) is 1.63. The van der Waals surface area contributed by atoms with Gasteiger partial charge in [0, 0.05) is 6.42 Å². The zero-order chi connectivity index (χ0) is 61.2. The van der Waals surface area contributed by atoms with Crippen molar-refractivity contribution in [3.63, 3.8) is 0 Å². The first-order valence-electron chi connectivity index (χ1n) is 37.0. The summed E-state index contributed by atoms with van der Waals surface area (Å²) in [5.74, 6) is -0.136.